The predicted molar refractivity (Wildman–Crippen MR) is 55.7 cm³/mol. The van der Waals surface area contributed by atoms with E-state index in [1.54, 1.807) is 0 Å². The van der Waals surface area contributed by atoms with Crippen LogP contribution in [0.15, 0.2) is 0 Å². The standard InChI is InChI=1S/C11H18N2O/c1-9(2)8-11(14)13-6-4-10(12-3)5-7-13/h9-10H,4-8H2,1-2H3. The number of amides is 1. The van der Waals surface area contributed by atoms with E-state index < -0.39 is 0 Å². The Morgan fingerprint density at radius 1 is 1.50 bits per heavy atom. The molecule has 78 valence electrons. The van der Waals surface area contributed by atoms with Crippen LogP contribution in [0.25, 0.3) is 4.85 Å². The molecule has 1 rings (SSSR count). The summed E-state index contributed by atoms with van der Waals surface area (Å²) in [5, 5.41) is 0. The van der Waals surface area contributed by atoms with Gasteiger partial charge >= 0.3 is 0 Å². The van der Waals surface area contributed by atoms with Gasteiger partial charge < -0.3 is 9.74 Å². The number of piperidine rings is 1. The molecule has 0 unspecified atom stereocenters. The largest absolute Gasteiger partial charge is 0.342 e. The van der Waals surface area contributed by atoms with Gasteiger partial charge in [-0.2, -0.15) is 0 Å². The summed E-state index contributed by atoms with van der Waals surface area (Å²) in [5.41, 5.74) is 0. The van der Waals surface area contributed by atoms with Crippen molar-refractivity contribution in [3.05, 3.63) is 11.4 Å². The fraction of sp³-hybridized carbons (Fsp3) is 0.818. The normalized spacial score (nSPS) is 18.3. The maximum atomic E-state index is 11.7. The number of hydrogen-bond donors (Lipinski definition) is 0. The van der Waals surface area contributed by atoms with Gasteiger partial charge in [0.1, 0.15) is 0 Å². The zero-order valence-corrected chi connectivity index (χ0v) is 8.99. The fourth-order valence-electron chi connectivity index (χ4n) is 1.72. The quantitative estimate of drug-likeness (QED) is 0.616. The topological polar surface area (TPSA) is 24.7 Å². The van der Waals surface area contributed by atoms with Gasteiger partial charge in [-0.3, -0.25) is 4.79 Å². The Labute approximate surface area is 85.9 Å². The first-order valence-corrected chi connectivity index (χ1v) is 5.27. The SMILES string of the molecule is [C-]#[N+]C1CCN(C(=O)CC(C)C)CC1. The minimum absolute atomic E-state index is 0.151. The van der Waals surface area contributed by atoms with E-state index in [4.69, 9.17) is 6.57 Å². The number of likely N-dealkylation sites (tertiary alicyclic amines) is 1. The van der Waals surface area contributed by atoms with Crippen molar-refractivity contribution < 1.29 is 4.79 Å². The summed E-state index contributed by atoms with van der Waals surface area (Å²) in [5.74, 6) is 0.685. The summed E-state index contributed by atoms with van der Waals surface area (Å²) in [7, 11) is 0. The van der Waals surface area contributed by atoms with Crippen molar-refractivity contribution in [1.29, 1.82) is 0 Å². The molecule has 0 N–H and O–H groups in total. The van der Waals surface area contributed by atoms with E-state index in [-0.39, 0.29) is 11.9 Å². The zero-order chi connectivity index (χ0) is 10.6. The molecule has 1 aliphatic heterocycles. The molecule has 3 nitrogen and oxygen atoms in total. The third kappa shape index (κ3) is 3.02. The predicted octanol–water partition coefficient (Wildman–Crippen LogP) is 1.94. The van der Waals surface area contributed by atoms with Crippen molar-refractivity contribution in [3.63, 3.8) is 0 Å². The third-order valence-corrected chi connectivity index (χ3v) is 2.58. The zero-order valence-electron chi connectivity index (χ0n) is 8.99. The van der Waals surface area contributed by atoms with Crippen molar-refractivity contribution in [2.24, 2.45) is 5.92 Å². The summed E-state index contributed by atoms with van der Waals surface area (Å²) < 4.78 is 0. The van der Waals surface area contributed by atoms with Crippen molar-refractivity contribution in [2.45, 2.75) is 39.2 Å². The molecule has 3 heteroatoms. The number of nitrogens with zero attached hydrogens (tertiary/aromatic N) is 2. The van der Waals surface area contributed by atoms with E-state index in [1.165, 1.54) is 0 Å². The van der Waals surface area contributed by atoms with Crippen LogP contribution in [0.4, 0.5) is 0 Å². The molecule has 0 bridgehead atoms. The Bertz CT molecular complexity index is 234. The van der Waals surface area contributed by atoms with Crippen LogP contribution in [0.1, 0.15) is 33.1 Å². The van der Waals surface area contributed by atoms with Crippen molar-refractivity contribution in [1.82, 2.24) is 4.90 Å². The van der Waals surface area contributed by atoms with E-state index >= 15 is 0 Å². The maximum Gasteiger partial charge on any atom is 0.227 e. The summed E-state index contributed by atoms with van der Waals surface area (Å²) in [6, 6.07) is 0.151. The van der Waals surface area contributed by atoms with E-state index in [1.807, 2.05) is 4.90 Å². The number of carbonyl (C=O) groups is 1. The molecule has 1 aliphatic rings. The highest BCUT2D eigenvalue weighted by atomic mass is 16.2. The van der Waals surface area contributed by atoms with Crippen molar-refractivity contribution >= 4 is 5.91 Å². The van der Waals surface area contributed by atoms with Gasteiger partial charge in [0, 0.05) is 32.4 Å². The van der Waals surface area contributed by atoms with Crippen molar-refractivity contribution in [2.75, 3.05) is 13.1 Å². The van der Waals surface area contributed by atoms with Crippen molar-refractivity contribution in [3.8, 4) is 0 Å². The molecule has 0 spiro atoms. The van der Waals surface area contributed by atoms with Crippen LogP contribution >= 0.6 is 0 Å². The minimum atomic E-state index is 0.151. The first kappa shape index (κ1) is 11.0. The van der Waals surface area contributed by atoms with Gasteiger partial charge in [0.25, 0.3) is 0 Å². The summed E-state index contributed by atoms with van der Waals surface area (Å²) in [4.78, 5) is 17.1. The lowest BCUT2D eigenvalue weighted by Crippen LogP contribution is -2.39. The molecule has 0 aromatic heterocycles. The molecule has 0 aromatic carbocycles. The molecular formula is C11H18N2O. The van der Waals surface area contributed by atoms with E-state index in [9.17, 15) is 4.79 Å². The summed E-state index contributed by atoms with van der Waals surface area (Å²) in [6.45, 7) is 12.6. The smallest absolute Gasteiger partial charge is 0.227 e. The maximum absolute atomic E-state index is 11.7. The number of hydrogen-bond acceptors (Lipinski definition) is 1. The average Bonchev–Trinajstić information content (AvgIpc) is 2.17. The molecule has 14 heavy (non-hydrogen) atoms. The third-order valence-electron chi connectivity index (χ3n) is 2.58. The second kappa shape index (κ2) is 4.99. The summed E-state index contributed by atoms with van der Waals surface area (Å²) >= 11 is 0. The highest BCUT2D eigenvalue weighted by Gasteiger charge is 2.25. The molecule has 0 aliphatic carbocycles. The molecular weight excluding hydrogens is 176 g/mol. The highest BCUT2D eigenvalue weighted by molar-refractivity contribution is 5.76. The van der Waals surface area contributed by atoms with Crippen LogP contribution in [0.5, 0.6) is 0 Å². The minimum Gasteiger partial charge on any atom is -0.342 e. The van der Waals surface area contributed by atoms with Gasteiger partial charge in [-0.25, -0.2) is 6.57 Å². The van der Waals surface area contributed by atoms with Crippen LogP contribution in [0, 0.1) is 12.5 Å². The Morgan fingerprint density at radius 2 is 2.07 bits per heavy atom. The fourth-order valence-corrected chi connectivity index (χ4v) is 1.72. The van der Waals surface area contributed by atoms with Crippen LogP contribution in [0.3, 0.4) is 0 Å². The van der Waals surface area contributed by atoms with E-state index in [0.717, 1.165) is 25.9 Å². The lowest BCUT2D eigenvalue weighted by molar-refractivity contribution is -0.132. The monoisotopic (exact) mass is 194 g/mol. The van der Waals surface area contributed by atoms with Gasteiger partial charge in [0.2, 0.25) is 11.9 Å². The lowest BCUT2D eigenvalue weighted by Gasteiger charge is -2.27. The Morgan fingerprint density at radius 3 is 2.50 bits per heavy atom. The Balaban J connectivity index is 2.35. The Kier molecular flexibility index (Phi) is 3.94. The second-order valence-corrected chi connectivity index (χ2v) is 4.34. The molecule has 1 heterocycles. The molecule has 1 amide bonds. The average molecular weight is 194 g/mol. The first-order chi connectivity index (χ1) is 6.63. The molecule has 0 saturated carbocycles. The van der Waals surface area contributed by atoms with Gasteiger partial charge in [0.15, 0.2) is 0 Å². The first-order valence-electron chi connectivity index (χ1n) is 5.27. The van der Waals surface area contributed by atoms with E-state index in [2.05, 4.69) is 18.7 Å². The number of rotatable bonds is 2. The van der Waals surface area contributed by atoms with Crippen LogP contribution < -0.4 is 0 Å². The van der Waals surface area contributed by atoms with E-state index in [0.29, 0.717) is 12.3 Å². The van der Waals surface area contributed by atoms with Gasteiger partial charge in [-0.1, -0.05) is 13.8 Å². The molecule has 1 fully saturated rings. The van der Waals surface area contributed by atoms with Gasteiger partial charge in [-0.05, 0) is 5.92 Å². The summed E-state index contributed by atoms with van der Waals surface area (Å²) in [6.07, 6.45) is 2.35. The van der Waals surface area contributed by atoms with Crippen LogP contribution in [0.2, 0.25) is 0 Å². The molecule has 0 aromatic rings. The number of carbonyl (C=O) groups excluding carboxylic acids is 1. The van der Waals surface area contributed by atoms with Gasteiger partial charge in [0.05, 0.1) is 0 Å². The molecule has 1 saturated heterocycles. The Hall–Kier alpha value is -1.04. The highest BCUT2D eigenvalue weighted by Crippen LogP contribution is 2.15. The van der Waals surface area contributed by atoms with Gasteiger partial charge in [-0.15, -0.1) is 0 Å². The van der Waals surface area contributed by atoms with Crippen LogP contribution in [-0.4, -0.2) is 29.9 Å². The lowest BCUT2D eigenvalue weighted by atomic mass is 10.0. The molecule has 0 atom stereocenters. The second-order valence-electron chi connectivity index (χ2n) is 4.34. The van der Waals surface area contributed by atoms with Crippen LogP contribution in [-0.2, 0) is 4.79 Å². The molecule has 0 radical (unpaired) electrons.